The SMILES string of the molecule is CN=C(NCCCC(=O)N1Cc2ccccc2C1)NCC1(c2ccccc2)CC1.I. The highest BCUT2D eigenvalue weighted by molar-refractivity contribution is 14.0. The first-order valence-corrected chi connectivity index (χ1v) is 10.5. The number of carbonyl (C=O) groups is 1. The molecule has 6 heteroatoms. The van der Waals surface area contributed by atoms with Gasteiger partial charge >= 0.3 is 0 Å². The van der Waals surface area contributed by atoms with E-state index in [-0.39, 0.29) is 35.3 Å². The van der Waals surface area contributed by atoms with Gasteiger partial charge in [0.2, 0.25) is 5.91 Å². The molecule has 1 saturated carbocycles. The van der Waals surface area contributed by atoms with E-state index >= 15 is 0 Å². The van der Waals surface area contributed by atoms with Crippen molar-refractivity contribution in [3.8, 4) is 0 Å². The van der Waals surface area contributed by atoms with Gasteiger partial charge in [0, 0.05) is 45.1 Å². The van der Waals surface area contributed by atoms with Gasteiger partial charge in [-0.2, -0.15) is 0 Å². The van der Waals surface area contributed by atoms with Crippen LogP contribution in [0.1, 0.15) is 42.4 Å². The molecule has 160 valence electrons. The number of hydrogen-bond acceptors (Lipinski definition) is 2. The van der Waals surface area contributed by atoms with Gasteiger partial charge in [-0.05, 0) is 36.0 Å². The summed E-state index contributed by atoms with van der Waals surface area (Å²) in [7, 11) is 1.80. The molecule has 0 atom stereocenters. The molecule has 0 radical (unpaired) electrons. The standard InChI is InChI=1S/C24H30N4O.HI/c1-25-23(27-18-24(13-14-24)21-10-3-2-4-11-21)26-15-7-12-22(29)28-16-19-8-5-6-9-20(19)17-28;/h2-6,8-11H,7,12-18H2,1H3,(H2,25,26,27);1H. The van der Waals surface area contributed by atoms with Gasteiger partial charge in [0.1, 0.15) is 0 Å². The zero-order valence-electron chi connectivity index (χ0n) is 17.6. The molecule has 1 fully saturated rings. The third kappa shape index (κ3) is 5.33. The summed E-state index contributed by atoms with van der Waals surface area (Å²) < 4.78 is 0. The van der Waals surface area contributed by atoms with Gasteiger partial charge in [-0.25, -0.2) is 0 Å². The summed E-state index contributed by atoms with van der Waals surface area (Å²) >= 11 is 0. The molecule has 30 heavy (non-hydrogen) atoms. The van der Waals surface area contributed by atoms with Crippen LogP contribution in [-0.4, -0.2) is 36.9 Å². The minimum atomic E-state index is 0. The average molecular weight is 518 g/mol. The number of benzene rings is 2. The van der Waals surface area contributed by atoms with Crippen molar-refractivity contribution in [1.29, 1.82) is 0 Å². The molecule has 2 aromatic rings. The van der Waals surface area contributed by atoms with Gasteiger partial charge in [-0.1, -0.05) is 54.6 Å². The lowest BCUT2D eigenvalue weighted by Gasteiger charge is -2.19. The highest BCUT2D eigenvalue weighted by Crippen LogP contribution is 2.47. The van der Waals surface area contributed by atoms with Gasteiger partial charge in [0.25, 0.3) is 0 Å². The largest absolute Gasteiger partial charge is 0.356 e. The van der Waals surface area contributed by atoms with E-state index in [0.29, 0.717) is 6.42 Å². The quantitative estimate of drug-likeness (QED) is 0.254. The second-order valence-electron chi connectivity index (χ2n) is 8.12. The number of hydrogen-bond donors (Lipinski definition) is 2. The van der Waals surface area contributed by atoms with Crippen LogP contribution in [0.2, 0.25) is 0 Å². The van der Waals surface area contributed by atoms with Crippen LogP contribution in [0.4, 0.5) is 0 Å². The van der Waals surface area contributed by atoms with E-state index in [1.54, 1.807) is 7.05 Å². The molecule has 1 heterocycles. The van der Waals surface area contributed by atoms with Crippen LogP contribution >= 0.6 is 24.0 Å². The molecular weight excluding hydrogens is 487 g/mol. The molecule has 0 unspecified atom stereocenters. The van der Waals surface area contributed by atoms with E-state index in [0.717, 1.165) is 38.6 Å². The van der Waals surface area contributed by atoms with Crippen LogP contribution in [0.25, 0.3) is 0 Å². The smallest absolute Gasteiger partial charge is 0.223 e. The Labute approximate surface area is 196 Å². The average Bonchev–Trinajstić information content (AvgIpc) is 3.43. The van der Waals surface area contributed by atoms with Crippen molar-refractivity contribution in [3.63, 3.8) is 0 Å². The third-order valence-electron chi connectivity index (χ3n) is 6.11. The predicted octanol–water partition coefficient (Wildman–Crippen LogP) is 3.82. The Morgan fingerprint density at radius 2 is 1.63 bits per heavy atom. The van der Waals surface area contributed by atoms with E-state index in [9.17, 15) is 4.79 Å². The Balaban J connectivity index is 0.00000256. The van der Waals surface area contributed by atoms with E-state index in [2.05, 4.69) is 58.1 Å². The second-order valence-corrected chi connectivity index (χ2v) is 8.12. The molecule has 0 aromatic heterocycles. The van der Waals surface area contributed by atoms with Gasteiger partial charge in [-0.3, -0.25) is 9.79 Å². The Hall–Kier alpha value is -2.09. The molecule has 1 amide bonds. The highest BCUT2D eigenvalue weighted by Gasteiger charge is 2.43. The maximum absolute atomic E-state index is 12.5. The number of halogens is 1. The lowest BCUT2D eigenvalue weighted by atomic mass is 9.96. The molecule has 5 nitrogen and oxygen atoms in total. The molecule has 2 aromatic carbocycles. The van der Waals surface area contributed by atoms with Crippen molar-refractivity contribution in [2.24, 2.45) is 4.99 Å². The van der Waals surface area contributed by atoms with Crippen LogP contribution in [0, 0.1) is 0 Å². The minimum Gasteiger partial charge on any atom is -0.356 e. The Kier molecular flexibility index (Phi) is 7.75. The van der Waals surface area contributed by atoms with E-state index in [4.69, 9.17) is 0 Å². The lowest BCUT2D eigenvalue weighted by molar-refractivity contribution is -0.131. The number of nitrogens with zero attached hydrogens (tertiary/aromatic N) is 2. The van der Waals surface area contributed by atoms with Gasteiger partial charge < -0.3 is 15.5 Å². The summed E-state index contributed by atoms with van der Waals surface area (Å²) in [5, 5.41) is 6.82. The van der Waals surface area contributed by atoms with E-state index in [1.165, 1.54) is 29.5 Å². The summed E-state index contributed by atoms with van der Waals surface area (Å²) in [6.07, 6.45) is 3.80. The fraction of sp³-hybridized carbons (Fsp3) is 0.417. The maximum Gasteiger partial charge on any atom is 0.223 e. The number of guanidine groups is 1. The van der Waals surface area contributed by atoms with Crippen molar-refractivity contribution < 1.29 is 4.79 Å². The molecule has 2 aliphatic rings. The third-order valence-corrected chi connectivity index (χ3v) is 6.11. The summed E-state index contributed by atoms with van der Waals surface area (Å²) in [6.45, 7) is 3.12. The van der Waals surface area contributed by atoms with Gasteiger partial charge in [0.15, 0.2) is 5.96 Å². The summed E-state index contributed by atoms with van der Waals surface area (Å²) in [5.74, 6) is 1.04. The van der Waals surface area contributed by atoms with Gasteiger partial charge in [-0.15, -0.1) is 24.0 Å². The topological polar surface area (TPSA) is 56.7 Å². The van der Waals surface area contributed by atoms with Crippen molar-refractivity contribution in [3.05, 3.63) is 71.3 Å². The first-order valence-electron chi connectivity index (χ1n) is 10.5. The van der Waals surface area contributed by atoms with E-state index in [1.807, 2.05) is 17.0 Å². The van der Waals surface area contributed by atoms with E-state index < -0.39 is 0 Å². The number of aliphatic imine (C=N–C) groups is 1. The first-order chi connectivity index (χ1) is 14.2. The summed E-state index contributed by atoms with van der Waals surface area (Å²) in [6, 6.07) is 19.0. The molecule has 2 N–H and O–H groups in total. The zero-order valence-corrected chi connectivity index (χ0v) is 19.9. The monoisotopic (exact) mass is 518 g/mol. The van der Waals surface area contributed by atoms with Crippen molar-refractivity contribution in [2.75, 3.05) is 20.1 Å². The second kappa shape index (κ2) is 10.3. The Morgan fingerprint density at radius 1 is 1.00 bits per heavy atom. The normalized spacial score (nSPS) is 16.4. The number of amides is 1. The minimum absolute atomic E-state index is 0. The highest BCUT2D eigenvalue weighted by atomic mass is 127. The van der Waals surface area contributed by atoms with Crippen molar-refractivity contribution >= 4 is 35.8 Å². The van der Waals surface area contributed by atoms with Crippen LogP contribution in [0.5, 0.6) is 0 Å². The zero-order chi connectivity index (χ0) is 20.1. The molecule has 0 spiro atoms. The maximum atomic E-state index is 12.5. The van der Waals surface area contributed by atoms with Crippen LogP contribution in [-0.2, 0) is 23.3 Å². The number of rotatable bonds is 7. The molecule has 4 rings (SSSR count). The number of nitrogens with one attached hydrogen (secondary N) is 2. The van der Waals surface area contributed by atoms with Crippen molar-refractivity contribution in [1.82, 2.24) is 15.5 Å². The fourth-order valence-corrected chi connectivity index (χ4v) is 4.10. The summed E-state index contributed by atoms with van der Waals surface area (Å²) in [4.78, 5) is 18.8. The lowest BCUT2D eigenvalue weighted by Crippen LogP contribution is -2.41. The van der Waals surface area contributed by atoms with Crippen molar-refractivity contribution in [2.45, 2.75) is 44.2 Å². The number of fused-ring (bicyclic) bond motifs is 1. The molecule has 1 aliphatic carbocycles. The Morgan fingerprint density at radius 3 is 2.23 bits per heavy atom. The number of carbonyl (C=O) groups excluding carboxylic acids is 1. The molecular formula is C24H31IN4O. The molecule has 0 saturated heterocycles. The predicted molar refractivity (Wildman–Crippen MR) is 132 cm³/mol. The molecule has 0 bridgehead atoms. The summed E-state index contributed by atoms with van der Waals surface area (Å²) in [5.41, 5.74) is 4.20. The van der Waals surface area contributed by atoms with Crippen LogP contribution < -0.4 is 10.6 Å². The first kappa shape index (κ1) is 22.6. The Bertz CT molecular complexity index is 855. The molecule has 1 aliphatic heterocycles. The van der Waals surface area contributed by atoms with Gasteiger partial charge in [0.05, 0.1) is 0 Å². The van der Waals surface area contributed by atoms with Crippen LogP contribution in [0.15, 0.2) is 59.6 Å². The van der Waals surface area contributed by atoms with Crippen LogP contribution in [0.3, 0.4) is 0 Å². The fourth-order valence-electron chi connectivity index (χ4n) is 4.10.